The fourth-order valence-corrected chi connectivity index (χ4v) is 2.78. The Labute approximate surface area is 117 Å². The number of hydrogen-bond acceptors (Lipinski definition) is 6. The van der Waals surface area contributed by atoms with Gasteiger partial charge in [0, 0.05) is 4.88 Å². The van der Waals surface area contributed by atoms with Gasteiger partial charge in [-0.3, -0.25) is 0 Å². The second-order valence-electron chi connectivity index (χ2n) is 4.30. The van der Waals surface area contributed by atoms with Crippen molar-refractivity contribution in [1.29, 1.82) is 0 Å². The summed E-state index contributed by atoms with van der Waals surface area (Å²) in [6.07, 6.45) is 1.05. The van der Waals surface area contributed by atoms with E-state index in [0.717, 1.165) is 19.5 Å². The lowest BCUT2D eigenvalue weighted by atomic mass is 10.2. The minimum absolute atomic E-state index is 0.0843. The molecule has 1 unspecified atom stereocenters. The van der Waals surface area contributed by atoms with Gasteiger partial charge in [-0.2, -0.15) is 0 Å². The largest absolute Gasteiger partial charge is 0.406 e. The normalized spacial score (nSPS) is 12.6. The highest BCUT2D eigenvalue weighted by atomic mass is 32.1. The molecule has 0 aliphatic rings. The zero-order chi connectivity index (χ0) is 13.7. The Morgan fingerprint density at radius 1 is 1.37 bits per heavy atom. The van der Waals surface area contributed by atoms with E-state index in [1.165, 1.54) is 10.4 Å². The predicted molar refractivity (Wildman–Crippen MR) is 77.4 cm³/mol. The molecular weight excluding hydrogens is 260 g/mol. The van der Waals surface area contributed by atoms with Crippen LogP contribution in [0.4, 0.5) is 6.01 Å². The summed E-state index contributed by atoms with van der Waals surface area (Å²) in [6, 6.07) is 2.73. The number of anilines is 1. The molecule has 0 saturated carbocycles. The van der Waals surface area contributed by atoms with Crippen LogP contribution in [0.5, 0.6) is 0 Å². The highest BCUT2D eigenvalue weighted by Gasteiger charge is 2.12. The second kappa shape index (κ2) is 6.68. The zero-order valence-corrected chi connectivity index (χ0v) is 12.4. The van der Waals surface area contributed by atoms with E-state index in [9.17, 15) is 0 Å². The maximum Gasteiger partial charge on any atom is 0.315 e. The molecule has 2 rings (SSSR count). The van der Waals surface area contributed by atoms with Crippen LogP contribution < -0.4 is 10.6 Å². The van der Waals surface area contributed by atoms with Crippen molar-refractivity contribution in [3.63, 3.8) is 0 Å². The molecule has 0 aliphatic carbocycles. The molecule has 2 aromatic rings. The number of aryl methyl sites for hydroxylation is 1. The first-order valence-electron chi connectivity index (χ1n) is 6.60. The van der Waals surface area contributed by atoms with Crippen molar-refractivity contribution in [2.45, 2.75) is 39.8 Å². The Hall–Kier alpha value is -1.40. The van der Waals surface area contributed by atoms with Gasteiger partial charge in [-0.05, 0) is 36.9 Å². The van der Waals surface area contributed by atoms with E-state index >= 15 is 0 Å². The van der Waals surface area contributed by atoms with Crippen molar-refractivity contribution < 1.29 is 4.42 Å². The van der Waals surface area contributed by atoms with Gasteiger partial charge in [0.15, 0.2) is 0 Å². The molecule has 0 aromatic carbocycles. The molecule has 1 atom stereocenters. The molecule has 19 heavy (non-hydrogen) atoms. The summed E-state index contributed by atoms with van der Waals surface area (Å²) in [5, 5.41) is 16.6. The lowest BCUT2D eigenvalue weighted by molar-refractivity contribution is 0.429. The number of thiophene rings is 1. The first-order valence-corrected chi connectivity index (χ1v) is 7.48. The molecule has 0 radical (unpaired) electrons. The van der Waals surface area contributed by atoms with Crippen LogP contribution in [0.1, 0.15) is 43.1 Å². The van der Waals surface area contributed by atoms with Crippen LogP contribution in [0.2, 0.25) is 0 Å². The molecule has 0 amide bonds. The number of hydrogen-bond donors (Lipinski definition) is 2. The third-order valence-electron chi connectivity index (χ3n) is 2.94. The van der Waals surface area contributed by atoms with Crippen LogP contribution in [-0.4, -0.2) is 16.7 Å². The maximum absolute atomic E-state index is 5.58. The number of nitrogens with zero attached hydrogens (tertiary/aromatic N) is 2. The molecular formula is C13H20N4OS. The molecule has 104 valence electrons. The standard InChI is InChI=1S/C13H20N4OS/c1-4-10-6-7-19-11(10)8-15-13-17-16-12(18-13)9(3)14-5-2/h6-7,9,14H,4-5,8H2,1-3H3,(H,15,17). The molecule has 0 bridgehead atoms. The molecule has 2 aromatic heterocycles. The van der Waals surface area contributed by atoms with Gasteiger partial charge in [-0.1, -0.05) is 18.9 Å². The Balaban J connectivity index is 1.93. The van der Waals surface area contributed by atoms with Gasteiger partial charge in [0.2, 0.25) is 5.89 Å². The summed E-state index contributed by atoms with van der Waals surface area (Å²) in [7, 11) is 0. The van der Waals surface area contributed by atoms with Crippen molar-refractivity contribution in [2.75, 3.05) is 11.9 Å². The summed E-state index contributed by atoms with van der Waals surface area (Å²) < 4.78 is 5.58. The predicted octanol–water partition coefficient (Wildman–Crippen LogP) is 2.98. The summed E-state index contributed by atoms with van der Waals surface area (Å²) in [5.41, 5.74) is 1.37. The van der Waals surface area contributed by atoms with Crippen molar-refractivity contribution in [2.24, 2.45) is 0 Å². The molecule has 5 nitrogen and oxygen atoms in total. The number of aromatic nitrogens is 2. The number of nitrogens with one attached hydrogen (secondary N) is 2. The lowest BCUT2D eigenvalue weighted by Gasteiger charge is -2.06. The molecule has 0 spiro atoms. The van der Waals surface area contributed by atoms with Gasteiger partial charge >= 0.3 is 6.01 Å². The van der Waals surface area contributed by atoms with Gasteiger partial charge in [0.1, 0.15) is 0 Å². The van der Waals surface area contributed by atoms with Crippen LogP contribution in [-0.2, 0) is 13.0 Å². The lowest BCUT2D eigenvalue weighted by Crippen LogP contribution is -2.17. The summed E-state index contributed by atoms with van der Waals surface area (Å²) in [5.74, 6) is 0.617. The summed E-state index contributed by atoms with van der Waals surface area (Å²) >= 11 is 1.75. The first-order chi connectivity index (χ1) is 9.24. The average molecular weight is 280 g/mol. The smallest absolute Gasteiger partial charge is 0.315 e. The minimum Gasteiger partial charge on any atom is -0.406 e. The van der Waals surface area contributed by atoms with Crippen LogP contribution in [0.15, 0.2) is 15.9 Å². The summed E-state index contributed by atoms with van der Waals surface area (Å²) in [4.78, 5) is 1.32. The molecule has 0 aliphatic heterocycles. The highest BCUT2D eigenvalue weighted by molar-refractivity contribution is 7.10. The van der Waals surface area contributed by atoms with Crippen LogP contribution in [0, 0.1) is 0 Å². The van der Waals surface area contributed by atoms with Gasteiger partial charge in [0.05, 0.1) is 12.6 Å². The molecule has 2 heterocycles. The SMILES string of the molecule is CCNC(C)c1nnc(NCc2sccc2CC)o1. The Morgan fingerprint density at radius 2 is 2.21 bits per heavy atom. The van der Waals surface area contributed by atoms with Crippen LogP contribution in [0.25, 0.3) is 0 Å². The van der Waals surface area contributed by atoms with E-state index < -0.39 is 0 Å². The van der Waals surface area contributed by atoms with Crippen molar-refractivity contribution in [1.82, 2.24) is 15.5 Å². The fourth-order valence-electron chi connectivity index (χ4n) is 1.87. The zero-order valence-electron chi connectivity index (χ0n) is 11.6. The van der Waals surface area contributed by atoms with Gasteiger partial charge < -0.3 is 15.1 Å². The van der Waals surface area contributed by atoms with Crippen molar-refractivity contribution in [3.05, 3.63) is 27.8 Å². The maximum atomic E-state index is 5.58. The Kier molecular flexibility index (Phi) is 4.93. The number of rotatable bonds is 7. The van der Waals surface area contributed by atoms with E-state index in [4.69, 9.17) is 4.42 Å². The van der Waals surface area contributed by atoms with E-state index in [0.29, 0.717) is 11.9 Å². The van der Waals surface area contributed by atoms with Gasteiger partial charge in [0.25, 0.3) is 0 Å². The summed E-state index contributed by atoms with van der Waals surface area (Å²) in [6.45, 7) is 7.83. The minimum atomic E-state index is 0.0843. The monoisotopic (exact) mass is 280 g/mol. The van der Waals surface area contributed by atoms with E-state index in [2.05, 4.69) is 46.1 Å². The van der Waals surface area contributed by atoms with Crippen LogP contribution in [0.3, 0.4) is 0 Å². The molecule has 0 fully saturated rings. The molecule has 6 heteroatoms. The topological polar surface area (TPSA) is 63.0 Å². The third kappa shape index (κ3) is 3.54. The fraction of sp³-hybridized carbons (Fsp3) is 0.538. The molecule has 2 N–H and O–H groups in total. The van der Waals surface area contributed by atoms with Crippen molar-refractivity contribution >= 4 is 17.4 Å². The quantitative estimate of drug-likeness (QED) is 0.816. The van der Waals surface area contributed by atoms with Gasteiger partial charge in [-0.25, -0.2) is 0 Å². The van der Waals surface area contributed by atoms with E-state index in [1.54, 1.807) is 11.3 Å². The van der Waals surface area contributed by atoms with Crippen LogP contribution >= 0.6 is 11.3 Å². The van der Waals surface area contributed by atoms with Crippen molar-refractivity contribution in [3.8, 4) is 0 Å². The first kappa shape index (κ1) is 14.0. The third-order valence-corrected chi connectivity index (χ3v) is 3.90. The van der Waals surface area contributed by atoms with Gasteiger partial charge in [-0.15, -0.1) is 16.4 Å². The second-order valence-corrected chi connectivity index (χ2v) is 5.30. The Morgan fingerprint density at radius 3 is 2.95 bits per heavy atom. The van der Waals surface area contributed by atoms with E-state index in [1.807, 2.05) is 6.92 Å². The van der Waals surface area contributed by atoms with E-state index in [-0.39, 0.29) is 6.04 Å². The molecule has 0 saturated heterocycles. The Bertz CT molecular complexity index is 508. The highest BCUT2D eigenvalue weighted by Crippen LogP contribution is 2.19. The average Bonchev–Trinajstić information content (AvgIpc) is 3.05.